The van der Waals surface area contributed by atoms with Crippen LogP contribution in [0, 0.1) is 5.82 Å². The topological polar surface area (TPSA) is 34.1 Å². The van der Waals surface area contributed by atoms with E-state index in [1.807, 2.05) is 24.3 Å². The highest BCUT2D eigenvalue weighted by Crippen LogP contribution is 2.29. The van der Waals surface area contributed by atoms with Crippen LogP contribution in [0.2, 0.25) is 0 Å². The Bertz CT molecular complexity index is 1100. The molecule has 0 bridgehead atoms. The van der Waals surface area contributed by atoms with E-state index in [9.17, 15) is 4.39 Å². The molecule has 0 aliphatic heterocycles. The van der Waals surface area contributed by atoms with Crippen LogP contribution in [0.3, 0.4) is 0 Å². The van der Waals surface area contributed by atoms with Gasteiger partial charge in [-0.25, -0.2) is 9.37 Å². The van der Waals surface area contributed by atoms with E-state index in [-0.39, 0.29) is 11.9 Å². The maximum atomic E-state index is 13.7. The highest BCUT2D eigenvalue weighted by Gasteiger charge is 2.13. The van der Waals surface area contributed by atoms with Crippen molar-refractivity contribution in [1.82, 2.24) is 10.3 Å². The van der Waals surface area contributed by atoms with Gasteiger partial charge in [-0.2, -0.15) is 0 Å². The molecular weight excluding hydrogens is 371 g/mol. The quantitative estimate of drug-likeness (QED) is 0.439. The van der Waals surface area contributed by atoms with Gasteiger partial charge in [-0.15, -0.1) is 11.3 Å². The number of fused-ring (bicyclic) bond motifs is 1. The van der Waals surface area contributed by atoms with Crippen LogP contribution < -0.4 is 10.1 Å². The summed E-state index contributed by atoms with van der Waals surface area (Å²) in [7, 11) is 1.65. The predicted octanol–water partition coefficient (Wildman–Crippen LogP) is 5.96. The second kappa shape index (κ2) is 8.09. The van der Waals surface area contributed by atoms with Crippen LogP contribution in [-0.4, -0.2) is 12.1 Å². The Balaban J connectivity index is 1.75. The number of nitrogens with one attached hydrogen (secondary N) is 1. The normalized spacial score (nSPS) is 12.2. The van der Waals surface area contributed by atoms with Crippen LogP contribution in [0.4, 0.5) is 4.39 Å². The molecule has 1 unspecified atom stereocenters. The van der Waals surface area contributed by atoms with Gasteiger partial charge >= 0.3 is 0 Å². The summed E-state index contributed by atoms with van der Waals surface area (Å²) in [6.07, 6.45) is 0. The minimum atomic E-state index is -0.284. The van der Waals surface area contributed by atoms with Crippen molar-refractivity contribution in [3.8, 4) is 17.0 Å². The lowest BCUT2D eigenvalue weighted by molar-refractivity contribution is 0.415. The van der Waals surface area contributed by atoms with E-state index in [1.165, 1.54) is 17.0 Å². The lowest BCUT2D eigenvalue weighted by atomic mass is 10.0. The van der Waals surface area contributed by atoms with Crippen molar-refractivity contribution in [3.05, 3.63) is 82.3 Å². The van der Waals surface area contributed by atoms with Crippen LogP contribution in [0.1, 0.15) is 23.4 Å². The Labute approximate surface area is 167 Å². The zero-order valence-electron chi connectivity index (χ0n) is 15.8. The molecule has 0 saturated heterocycles. The number of aromatic nitrogens is 1. The molecule has 2 heterocycles. The van der Waals surface area contributed by atoms with Gasteiger partial charge in [-0.1, -0.05) is 18.2 Å². The summed E-state index contributed by atoms with van der Waals surface area (Å²) < 4.78 is 19.1. The first kappa shape index (κ1) is 18.6. The van der Waals surface area contributed by atoms with Crippen molar-refractivity contribution in [3.63, 3.8) is 0 Å². The molecule has 0 aliphatic rings. The molecule has 1 atom stereocenters. The van der Waals surface area contributed by atoms with Crippen LogP contribution in [0.5, 0.6) is 5.75 Å². The SMILES string of the molecule is COc1cccc(-c2nc3cc(F)ccc3cc2CNC(C)c2cccs2)c1. The van der Waals surface area contributed by atoms with Crippen LogP contribution in [-0.2, 0) is 6.54 Å². The zero-order chi connectivity index (χ0) is 19.5. The van der Waals surface area contributed by atoms with Crippen molar-refractivity contribution >= 4 is 22.2 Å². The molecule has 2 aromatic heterocycles. The van der Waals surface area contributed by atoms with Gasteiger partial charge in [0.05, 0.1) is 18.3 Å². The standard InChI is InChI=1S/C23H21FN2OS/c1-15(22-7-4-10-28-22)25-14-18-11-16-8-9-19(24)13-21(16)26-23(18)17-5-3-6-20(12-17)27-2/h3-13,15,25H,14H2,1-2H3. The van der Waals surface area contributed by atoms with Crippen molar-refractivity contribution < 1.29 is 9.13 Å². The Hall–Kier alpha value is -2.76. The largest absolute Gasteiger partial charge is 0.497 e. The number of rotatable bonds is 6. The molecule has 3 nitrogen and oxygen atoms in total. The third-order valence-corrected chi connectivity index (χ3v) is 5.83. The lowest BCUT2D eigenvalue weighted by Crippen LogP contribution is -2.18. The smallest absolute Gasteiger partial charge is 0.125 e. The summed E-state index contributed by atoms with van der Waals surface area (Å²) in [5, 5.41) is 6.59. The molecular formula is C23H21FN2OS. The number of pyridine rings is 1. The zero-order valence-corrected chi connectivity index (χ0v) is 16.6. The molecule has 1 N–H and O–H groups in total. The van der Waals surface area contributed by atoms with Gasteiger partial charge in [0.15, 0.2) is 0 Å². The number of thiophene rings is 1. The average Bonchev–Trinajstić information content (AvgIpc) is 3.26. The molecule has 0 saturated carbocycles. The fraction of sp³-hybridized carbons (Fsp3) is 0.174. The van der Waals surface area contributed by atoms with Gasteiger partial charge < -0.3 is 10.1 Å². The third-order valence-electron chi connectivity index (χ3n) is 4.77. The van der Waals surface area contributed by atoms with Crippen LogP contribution >= 0.6 is 11.3 Å². The highest BCUT2D eigenvalue weighted by atomic mass is 32.1. The molecule has 28 heavy (non-hydrogen) atoms. The van der Waals surface area contributed by atoms with E-state index in [0.29, 0.717) is 12.1 Å². The first-order valence-corrected chi connectivity index (χ1v) is 10.0. The van der Waals surface area contributed by atoms with Gasteiger partial charge in [0.2, 0.25) is 0 Å². The molecule has 142 valence electrons. The number of methoxy groups -OCH3 is 1. The minimum absolute atomic E-state index is 0.238. The molecule has 4 aromatic rings. The second-order valence-electron chi connectivity index (χ2n) is 6.68. The van der Waals surface area contributed by atoms with Crippen molar-refractivity contribution in [2.45, 2.75) is 19.5 Å². The maximum absolute atomic E-state index is 13.7. The van der Waals surface area contributed by atoms with Gasteiger partial charge in [-0.3, -0.25) is 0 Å². The summed E-state index contributed by atoms with van der Waals surface area (Å²) in [5.41, 5.74) is 3.50. The molecule has 0 amide bonds. The summed E-state index contributed by atoms with van der Waals surface area (Å²) in [5.74, 6) is 0.485. The molecule has 0 aliphatic carbocycles. The monoisotopic (exact) mass is 392 g/mol. The number of hydrogen-bond acceptors (Lipinski definition) is 4. The fourth-order valence-corrected chi connectivity index (χ4v) is 4.00. The van der Waals surface area contributed by atoms with Crippen molar-refractivity contribution in [2.75, 3.05) is 7.11 Å². The first-order chi connectivity index (χ1) is 13.6. The molecule has 0 spiro atoms. The summed E-state index contributed by atoms with van der Waals surface area (Å²) >= 11 is 1.74. The first-order valence-electron chi connectivity index (χ1n) is 9.14. The van der Waals surface area contributed by atoms with Crippen molar-refractivity contribution in [2.24, 2.45) is 0 Å². The maximum Gasteiger partial charge on any atom is 0.125 e. The minimum Gasteiger partial charge on any atom is -0.497 e. The van der Waals surface area contributed by atoms with E-state index in [2.05, 4.69) is 35.8 Å². The number of nitrogens with zero attached hydrogens (tertiary/aromatic N) is 1. The van der Waals surface area contributed by atoms with E-state index >= 15 is 0 Å². The molecule has 2 aromatic carbocycles. The fourth-order valence-electron chi connectivity index (χ4n) is 3.24. The average molecular weight is 392 g/mol. The van der Waals surface area contributed by atoms with Crippen molar-refractivity contribution in [1.29, 1.82) is 0 Å². The number of hydrogen-bond donors (Lipinski definition) is 1. The Morgan fingerprint density at radius 2 is 2.00 bits per heavy atom. The summed E-state index contributed by atoms with van der Waals surface area (Å²) in [4.78, 5) is 6.08. The Morgan fingerprint density at radius 1 is 1.11 bits per heavy atom. The van der Waals surface area contributed by atoms with E-state index in [0.717, 1.165) is 28.0 Å². The van der Waals surface area contributed by atoms with Crippen LogP contribution in [0.25, 0.3) is 22.2 Å². The van der Waals surface area contributed by atoms with Crippen LogP contribution in [0.15, 0.2) is 66.0 Å². The van der Waals surface area contributed by atoms with Gasteiger partial charge in [0, 0.05) is 34.5 Å². The summed E-state index contributed by atoms with van der Waals surface area (Å²) in [6.45, 7) is 2.81. The Morgan fingerprint density at radius 3 is 2.79 bits per heavy atom. The predicted molar refractivity (Wildman–Crippen MR) is 113 cm³/mol. The van der Waals surface area contributed by atoms with E-state index in [1.54, 1.807) is 24.5 Å². The van der Waals surface area contributed by atoms with E-state index in [4.69, 9.17) is 9.72 Å². The van der Waals surface area contributed by atoms with Gasteiger partial charge in [0.25, 0.3) is 0 Å². The molecule has 5 heteroatoms. The lowest BCUT2D eigenvalue weighted by Gasteiger charge is -2.16. The number of ether oxygens (including phenoxy) is 1. The Kier molecular flexibility index (Phi) is 5.37. The molecule has 0 fully saturated rings. The molecule has 0 radical (unpaired) electrons. The van der Waals surface area contributed by atoms with Gasteiger partial charge in [-0.05, 0) is 54.3 Å². The number of benzene rings is 2. The number of halogens is 1. The van der Waals surface area contributed by atoms with E-state index < -0.39 is 0 Å². The third kappa shape index (κ3) is 3.91. The molecule has 4 rings (SSSR count). The highest BCUT2D eigenvalue weighted by molar-refractivity contribution is 7.10. The van der Waals surface area contributed by atoms with Gasteiger partial charge in [0.1, 0.15) is 11.6 Å². The second-order valence-corrected chi connectivity index (χ2v) is 7.66. The summed E-state index contributed by atoms with van der Waals surface area (Å²) in [6, 6.07) is 19.1.